The molecule has 0 radical (unpaired) electrons. The first kappa shape index (κ1) is 12.8. The number of carbonyl (C=O) groups is 1. The Morgan fingerprint density at radius 2 is 2.25 bits per heavy atom. The number of thiol groups is 1. The second-order valence-electron chi connectivity index (χ2n) is 3.20. The minimum Gasteiger partial charge on any atom is -0.496 e. The number of methoxy groups -OCH3 is 1. The second kappa shape index (κ2) is 5.18. The first-order valence-corrected chi connectivity index (χ1v) is 4.99. The van der Waals surface area contributed by atoms with Gasteiger partial charge in [-0.25, -0.2) is 4.39 Å². The molecule has 3 N–H and O–H groups in total. The van der Waals surface area contributed by atoms with Crippen LogP contribution in [0.15, 0.2) is 18.2 Å². The number of ether oxygens (including phenoxy) is 1. The third kappa shape index (κ3) is 2.65. The van der Waals surface area contributed by atoms with Crippen molar-refractivity contribution >= 4 is 18.6 Å². The summed E-state index contributed by atoms with van der Waals surface area (Å²) in [5, 5.41) is 7.91. The number of carboxylic acid groups (broad SMARTS) is 1. The number of aliphatic carboxylic acids is 1. The maximum Gasteiger partial charge on any atom is 0.321 e. The third-order valence-corrected chi connectivity index (χ3v) is 2.74. The van der Waals surface area contributed by atoms with E-state index in [2.05, 4.69) is 12.6 Å². The first-order valence-electron chi connectivity index (χ1n) is 4.47. The molecule has 0 saturated heterocycles. The number of nitrogens with two attached hydrogens (primary N) is 1. The summed E-state index contributed by atoms with van der Waals surface area (Å²) in [7, 11) is 1.41. The van der Waals surface area contributed by atoms with E-state index >= 15 is 0 Å². The molecule has 2 atom stereocenters. The number of hydrogen-bond donors (Lipinski definition) is 3. The van der Waals surface area contributed by atoms with E-state index in [1.807, 2.05) is 0 Å². The highest BCUT2D eigenvalue weighted by Crippen LogP contribution is 2.31. The quantitative estimate of drug-likeness (QED) is 0.697. The van der Waals surface area contributed by atoms with Gasteiger partial charge < -0.3 is 15.6 Å². The van der Waals surface area contributed by atoms with Crippen LogP contribution in [0.2, 0.25) is 0 Å². The highest BCUT2D eigenvalue weighted by Gasteiger charge is 2.25. The van der Waals surface area contributed by atoms with Crippen LogP contribution in [0.4, 0.5) is 4.39 Å². The van der Waals surface area contributed by atoms with Crippen LogP contribution in [-0.2, 0) is 4.79 Å². The number of hydrogen-bond acceptors (Lipinski definition) is 4. The van der Waals surface area contributed by atoms with Gasteiger partial charge in [0, 0.05) is 5.56 Å². The van der Waals surface area contributed by atoms with Gasteiger partial charge in [0.05, 0.1) is 12.4 Å². The molecule has 1 rings (SSSR count). The number of rotatable bonds is 4. The molecule has 88 valence electrons. The topological polar surface area (TPSA) is 72.5 Å². The summed E-state index contributed by atoms with van der Waals surface area (Å²) in [5.74, 6) is -1.34. The highest BCUT2D eigenvalue weighted by molar-refractivity contribution is 7.80. The summed E-state index contributed by atoms with van der Waals surface area (Å²) in [6, 6.07) is 2.57. The molecule has 0 heterocycles. The lowest BCUT2D eigenvalue weighted by Crippen LogP contribution is -2.34. The van der Waals surface area contributed by atoms with Crippen LogP contribution in [0.3, 0.4) is 0 Å². The number of benzene rings is 1. The molecule has 1 aromatic rings. The van der Waals surface area contributed by atoms with Crippen molar-refractivity contribution in [1.82, 2.24) is 0 Å². The predicted molar refractivity (Wildman–Crippen MR) is 60.3 cm³/mol. The molecule has 2 unspecified atom stereocenters. The fraction of sp³-hybridized carbons (Fsp3) is 0.300. The average molecular weight is 245 g/mol. The van der Waals surface area contributed by atoms with Crippen LogP contribution in [0.25, 0.3) is 0 Å². The highest BCUT2D eigenvalue weighted by atomic mass is 32.1. The maximum absolute atomic E-state index is 13.0. The van der Waals surface area contributed by atoms with Gasteiger partial charge in [-0.05, 0) is 18.2 Å². The van der Waals surface area contributed by atoms with E-state index in [4.69, 9.17) is 15.6 Å². The molecule has 16 heavy (non-hydrogen) atoms. The summed E-state index contributed by atoms with van der Waals surface area (Å²) in [5.41, 5.74) is 5.73. The van der Waals surface area contributed by atoms with Crippen LogP contribution in [-0.4, -0.2) is 24.2 Å². The number of halogens is 1. The molecule has 0 spiro atoms. The van der Waals surface area contributed by atoms with Gasteiger partial charge in [0.2, 0.25) is 0 Å². The molecular formula is C10H12FNO3S. The van der Waals surface area contributed by atoms with Gasteiger partial charge in [0.1, 0.15) is 17.6 Å². The Hall–Kier alpha value is -1.27. The van der Waals surface area contributed by atoms with Crippen molar-refractivity contribution in [2.75, 3.05) is 7.11 Å². The molecular weight excluding hydrogens is 233 g/mol. The van der Waals surface area contributed by atoms with Crippen LogP contribution >= 0.6 is 12.6 Å². The van der Waals surface area contributed by atoms with Gasteiger partial charge in [-0.1, -0.05) is 0 Å². The molecule has 0 fully saturated rings. The Bertz CT molecular complexity index is 400. The molecule has 0 saturated carbocycles. The van der Waals surface area contributed by atoms with Crippen molar-refractivity contribution in [2.45, 2.75) is 11.3 Å². The molecule has 0 bridgehead atoms. The summed E-state index contributed by atoms with van der Waals surface area (Å²) >= 11 is 4.07. The van der Waals surface area contributed by atoms with Gasteiger partial charge in [-0.3, -0.25) is 4.79 Å². The van der Waals surface area contributed by atoms with Gasteiger partial charge in [-0.2, -0.15) is 12.6 Å². The SMILES string of the molecule is COc1ccc(F)cc1C(S)C(N)C(=O)O. The smallest absolute Gasteiger partial charge is 0.321 e. The Balaban J connectivity index is 3.10. The van der Waals surface area contributed by atoms with Gasteiger partial charge >= 0.3 is 5.97 Å². The van der Waals surface area contributed by atoms with E-state index in [9.17, 15) is 9.18 Å². The Labute approximate surface area is 97.6 Å². The van der Waals surface area contributed by atoms with E-state index in [-0.39, 0.29) is 0 Å². The molecule has 1 aromatic carbocycles. The van der Waals surface area contributed by atoms with Crippen LogP contribution < -0.4 is 10.5 Å². The zero-order valence-corrected chi connectivity index (χ0v) is 9.45. The molecule has 6 heteroatoms. The average Bonchev–Trinajstić information content (AvgIpc) is 2.26. The van der Waals surface area contributed by atoms with Crippen molar-refractivity contribution in [3.8, 4) is 5.75 Å². The minimum absolute atomic E-state index is 0.320. The molecule has 4 nitrogen and oxygen atoms in total. The molecule has 0 aliphatic carbocycles. The zero-order chi connectivity index (χ0) is 12.3. The predicted octanol–water partition coefficient (Wildman–Crippen LogP) is 1.22. The molecule has 0 aromatic heterocycles. The lowest BCUT2D eigenvalue weighted by atomic mass is 10.0. The van der Waals surface area contributed by atoms with Crippen molar-refractivity contribution in [3.05, 3.63) is 29.6 Å². The maximum atomic E-state index is 13.0. The summed E-state index contributed by atoms with van der Waals surface area (Å²) in [4.78, 5) is 10.7. The fourth-order valence-corrected chi connectivity index (χ4v) is 1.59. The molecule has 0 aliphatic rings. The van der Waals surface area contributed by atoms with Crippen LogP contribution in [0, 0.1) is 5.82 Å². The molecule has 0 amide bonds. The minimum atomic E-state index is -1.22. The largest absolute Gasteiger partial charge is 0.496 e. The van der Waals surface area contributed by atoms with E-state index in [1.54, 1.807) is 0 Å². The third-order valence-electron chi connectivity index (χ3n) is 2.14. The number of carboxylic acids is 1. The van der Waals surface area contributed by atoms with E-state index in [0.717, 1.165) is 0 Å². The van der Waals surface area contributed by atoms with E-state index in [0.29, 0.717) is 11.3 Å². The lowest BCUT2D eigenvalue weighted by Gasteiger charge is -2.18. The fourth-order valence-electron chi connectivity index (χ4n) is 1.26. The lowest BCUT2D eigenvalue weighted by molar-refractivity contribution is -0.138. The van der Waals surface area contributed by atoms with Crippen LogP contribution in [0.5, 0.6) is 5.75 Å². The van der Waals surface area contributed by atoms with Crippen molar-refractivity contribution in [3.63, 3.8) is 0 Å². The van der Waals surface area contributed by atoms with Gasteiger partial charge in [0.25, 0.3) is 0 Å². The normalized spacial score (nSPS) is 14.2. The van der Waals surface area contributed by atoms with Gasteiger partial charge in [-0.15, -0.1) is 0 Å². The zero-order valence-electron chi connectivity index (χ0n) is 8.55. The standard InChI is InChI=1S/C10H12FNO3S/c1-15-7-3-2-5(11)4-6(7)9(16)8(12)10(13)14/h2-4,8-9,16H,12H2,1H3,(H,13,14). The first-order chi connectivity index (χ1) is 7.47. The molecule has 0 aliphatic heterocycles. The second-order valence-corrected chi connectivity index (χ2v) is 3.75. The monoisotopic (exact) mass is 245 g/mol. The van der Waals surface area contributed by atoms with Gasteiger partial charge in [0.15, 0.2) is 0 Å². The van der Waals surface area contributed by atoms with Crippen LogP contribution in [0.1, 0.15) is 10.8 Å². The Morgan fingerprint density at radius 1 is 1.62 bits per heavy atom. The van der Waals surface area contributed by atoms with E-state index in [1.165, 1.54) is 25.3 Å². The Morgan fingerprint density at radius 3 is 2.75 bits per heavy atom. The van der Waals surface area contributed by atoms with Crippen molar-refractivity contribution in [2.24, 2.45) is 5.73 Å². The van der Waals surface area contributed by atoms with Crippen molar-refractivity contribution < 1.29 is 19.0 Å². The summed E-state index contributed by atoms with van der Waals surface area (Å²) in [6.45, 7) is 0. The summed E-state index contributed by atoms with van der Waals surface area (Å²) in [6.07, 6.45) is 0. The summed E-state index contributed by atoms with van der Waals surface area (Å²) < 4.78 is 18.0. The van der Waals surface area contributed by atoms with Crippen molar-refractivity contribution in [1.29, 1.82) is 0 Å². The van der Waals surface area contributed by atoms with E-state index < -0.39 is 23.1 Å². The Kier molecular flexibility index (Phi) is 4.14.